The minimum Gasteiger partial charge on any atom is -0.388 e. The van der Waals surface area contributed by atoms with E-state index in [1.807, 2.05) is 6.92 Å². The summed E-state index contributed by atoms with van der Waals surface area (Å²) in [6, 6.07) is 0.250. The van der Waals surface area contributed by atoms with Crippen LogP contribution in [0.1, 0.15) is 13.3 Å². The molecule has 2 aliphatic heterocycles. The number of rotatable bonds is 1. The summed E-state index contributed by atoms with van der Waals surface area (Å²) in [5.74, 6) is 0. The van der Waals surface area contributed by atoms with E-state index in [1.54, 1.807) is 0 Å². The zero-order valence-corrected chi connectivity index (χ0v) is 8.83. The SMILES string of the molecule is CC1(O)CCNCC1N1CCOCC1. The van der Waals surface area contributed by atoms with E-state index in [9.17, 15) is 5.11 Å². The maximum atomic E-state index is 10.3. The summed E-state index contributed by atoms with van der Waals surface area (Å²) in [7, 11) is 0. The van der Waals surface area contributed by atoms with Crippen molar-refractivity contribution in [3.05, 3.63) is 0 Å². The topological polar surface area (TPSA) is 44.7 Å². The first kappa shape index (κ1) is 10.4. The molecule has 2 saturated heterocycles. The van der Waals surface area contributed by atoms with Gasteiger partial charge < -0.3 is 15.2 Å². The molecule has 4 nitrogen and oxygen atoms in total. The fraction of sp³-hybridized carbons (Fsp3) is 1.00. The molecule has 0 aliphatic carbocycles. The van der Waals surface area contributed by atoms with Crippen LogP contribution in [-0.2, 0) is 4.74 Å². The third-order valence-corrected chi connectivity index (χ3v) is 3.35. The lowest BCUT2D eigenvalue weighted by Gasteiger charge is -2.45. The van der Waals surface area contributed by atoms with Gasteiger partial charge in [-0.05, 0) is 19.9 Å². The number of piperidine rings is 1. The molecule has 0 spiro atoms. The molecule has 82 valence electrons. The van der Waals surface area contributed by atoms with Crippen LogP contribution in [0.2, 0.25) is 0 Å². The zero-order valence-electron chi connectivity index (χ0n) is 8.83. The second-order valence-corrected chi connectivity index (χ2v) is 4.48. The average molecular weight is 200 g/mol. The Morgan fingerprint density at radius 1 is 1.43 bits per heavy atom. The molecule has 2 unspecified atom stereocenters. The van der Waals surface area contributed by atoms with Gasteiger partial charge in [0.1, 0.15) is 0 Å². The summed E-state index contributed by atoms with van der Waals surface area (Å²) in [6.07, 6.45) is 0.842. The molecule has 4 heteroatoms. The molecule has 0 bridgehead atoms. The van der Waals surface area contributed by atoms with Crippen LogP contribution < -0.4 is 5.32 Å². The van der Waals surface area contributed by atoms with E-state index in [4.69, 9.17) is 4.74 Å². The standard InChI is InChI=1S/C10H20N2O2/c1-10(13)2-3-11-8-9(10)12-4-6-14-7-5-12/h9,11,13H,2-8H2,1H3. The summed E-state index contributed by atoms with van der Waals surface area (Å²) < 4.78 is 5.31. The Labute approximate surface area is 85.2 Å². The Bertz CT molecular complexity index is 191. The summed E-state index contributed by atoms with van der Waals surface area (Å²) in [5.41, 5.74) is -0.539. The van der Waals surface area contributed by atoms with E-state index >= 15 is 0 Å². The molecule has 2 fully saturated rings. The lowest BCUT2D eigenvalue weighted by atomic mass is 9.88. The van der Waals surface area contributed by atoms with Crippen LogP contribution in [0, 0.1) is 0 Å². The first-order valence-corrected chi connectivity index (χ1v) is 5.45. The third-order valence-electron chi connectivity index (χ3n) is 3.35. The number of ether oxygens (including phenoxy) is 1. The lowest BCUT2D eigenvalue weighted by molar-refractivity contribution is -0.0805. The molecule has 0 saturated carbocycles. The molecule has 0 amide bonds. The van der Waals surface area contributed by atoms with Gasteiger partial charge in [0.15, 0.2) is 0 Å². The van der Waals surface area contributed by atoms with Gasteiger partial charge in [-0.25, -0.2) is 0 Å². The summed E-state index contributed by atoms with van der Waals surface area (Å²) in [5, 5.41) is 13.6. The highest BCUT2D eigenvalue weighted by atomic mass is 16.5. The molecule has 0 aromatic carbocycles. The maximum Gasteiger partial charge on any atom is 0.0798 e. The Balaban J connectivity index is 1.99. The van der Waals surface area contributed by atoms with Gasteiger partial charge in [0.2, 0.25) is 0 Å². The van der Waals surface area contributed by atoms with Gasteiger partial charge in [-0.1, -0.05) is 0 Å². The van der Waals surface area contributed by atoms with Crippen molar-refractivity contribution in [2.45, 2.75) is 25.0 Å². The van der Waals surface area contributed by atoms with E-state index in [2.05, 4.69) is 10.2 Å². The van der Waals surface area contributed by atoms with E-state index in [-0.39, 0.29) is 6.04 Å². The van der Waals surface area contributed by atoms with E-state index in [0.29, 0.717) is 0 Å². The molecule has 2 heterocycles. The number of hydrogen-bond donors (Lipinski definition) is 2. The predicted octanol–water partition coefficient (Wildman–Crippen LogP) is -0.568. The third kappa shape index (κ3) is 2.08. The summed E-state index contributed by atoms with van der Waals surface area (Å²) >= 11 is 0. The smallest absolute Gasteiger partial charge is 0.0798 e. The van der Waals surface area contributed by atoms with Crippen LogP contribution in [0.4, 0.5) is 0 Å². The van der Waals surface area contributed by atoms with Crippen LogP contribution >= 0.6 is 0 Å². The van der Waals surface area contributed by atoms with E-state index in [0.717, 1.165) is 45.8 Å². The maximum absolute atomic E-state index is 10.3. The van der Waals surface area contributed by atoms with Crippen LogP contribution in [-0.4, -0.2) is 61.0 Å². The Hall–Kier alpha value is -0.160. The van der Waals surface area contributed by atoms with Crippen molar-refractivity contribution in [2.75, 3.05) is 39.4 Å². The number of aliphatic hydroxyl groups is 1. The number of nitrogens with one attached hydrogen (secondary N) is 1. The monoisotopic (exact) mass is 200 g/mol. The Morgan fingerprint density at radius 2 is 2.14 bits per heavy atom. The van der Waals surface area contributed by atoms with Crippen LogP contribution in [0.15, 0.2) is 0 Å². The quantitative estimate of drug-likeness (QED) is 0.595. The van der Waals surface area contributed by atoms with Crippen molar-refractivity contribution < 1.29 is 9.84 Å². The van der Waals surface area contributed by atoms with Gasteiger partial charge in [0.05, 0.1) is 24.9 Å². The Morgan fingerprint density at radius 3 is 2.79 bits per heavy atom. The first-order chi connectivity index (χ1) is 6.70. The van der Waals surface area contributed by atoms with Crippen molar-refractivity contribution in [1.29, 1.82) is 0 Å². The molecule has 0 radical (unpaired) electrons. The first-order valence-electron chi connectivity index (χ1n) is 5.45. The van der Waals surface area contributed by atoms with Crippen LogP contribution in [0.5, 0.6) is 0 Å². The predicted molar refractivity (Wildman–Crippen MR) is 54.3 cm³/mol. The molecular formula is C10H20N2O2. The van der Waals surface area contributed by atoms with Gasteiger partial charge in [-0.2, -0.15) is 0 Å². The van der Waals surface area contributed by atoms with Gasteiger partial charge in [-0.3, -0.25) is 4.90 Å². The minimum absolute atomic E-state index is 0.250. The normalized spacial score (nSPS) is 41.1. The van der Waals surface area contributed by atoms with Crippen LogP contribution in [0.25, 0.3) is 0 Å². The van der Waals surface area contributed by atoms with E-state index in [1.165, 1.54) is 0 Å². The van der Waals surface area contributed by atoms with Gasteiger partial charge in [0, 0.05) is 19.6 Å². The molecule has 2 atom stereocenters. The summed E-state index contributed by atoms with van der Waals surface area (Å²) in [6.45, 7) is 7.26. The molecular weight excluding hydrogens is 180 g/mol. The molecule has 2 N–H and O–H groups in total. The van der Waals surface area contributed by atoms with Crippen molar-refractivity contribution >= 4 is 0 Å². The molecule has 2 rings (SSSR count). The molecule has 2 aliphatic rings. The zero-order chi connectivity index (χ0) is 10.0. The van der Waals surface area contributed by atoms with Gasteiger partial charge >= 0.3 is 0 Å². The molecule has 14 heavy (non-hydrogen) atoms. The second-order valence-electron chi connectivity index (χ2n) is 4.48. The molecule has 0 aromatic rings. The number of hydrogen-bond acceptors (Lipinski definition) is 4. The van der Waals surface area contributed by atoms with Gasteiger partial charge in [-0.15, -0.1) is 0 Å². The highest BCUT2D eigenvalue weighted by Crippen LogP contribution is 2.23. The van der Waals surface area contributed by atoms with E-state index < -0.39 is 5.60 Å². The fourth-order valence-corrected chi connectivity index (χ4v) is 2.38. The van der Waals surface area contributed by atoms with Crippen molar-refractivity contribution in [2.24, 2.45) is 0 Å². The number of morpholine rings is 1. The van der Waals surface area contributed by atoms with Gasteiger partial charge in [0.25, 0.3) is 0 Å². The minimum atomic E-state index is -0.539. The number of nitrogens with zero attached hydrogens (tertiary/aromatic N) is 1. The fourth-order valence-electron chi connectivity index (χ4n) is 2.38. The van der Waals surface area contributed by atoms with Crippen molar-refractivity contribution in [3.8, 4) is 0 Å². The van der Waals surface area contributed by atoms with Crippen molar-refractivity contribution in [1.82, 2.24) is 10.2 Å². The highest BCUT2D eigenvalue weighted by Gasteiger charge is 2.38. The Kier molecular flexibility index (Phi) is 3.07. The summed E-state index contributed by atoms with van der Waals surface area (Å²) in [4.78, 5) is 2.34. The van der Waals surface area contributed by atoms with Crippen molar-refractivity contribution in [3.63, 3.8) is 0 Å². The molecule has 0 aromatic heterocycles. The largest absolute Gasteiger partial charge is 0.388 e. The van der Waals surface area contributed by atoms with Crippen LogP contribution in [0.3, 0.4) is 0 Å². The lowest BCUT2D eigenvalue weighted by Crippen LogP contribution is -2.62. The highest BCUT2D eigenvalue weighted by molar-refractivity contribution is 4.95. The second kappa shape index (κ2) is 4.14. The average Bonchev–Trinajstić information content (AvgIpc) is 2.18.